The predicted octanol–water partition coefficient (Wildman–Crippen LogP) is 1.34. The number of carbonyl (C=O) groups is 2. The van der Waals surface area contributed by atoms with Gasteiger partial charge >= 0.3 is 11.9 Å². The van der Waals surface area contributed by atoms with E-state index in [2.05, 4.69) is 11.3 Å². The Hall–Kier alpha value is -2.14. The van der Waals surface area contributed by atoms with E-state index in [1.54, 1.807) is 24.3 Å². The standard InChI is InChI=1S/C14H16O5/c1-10(14(17)18-2)7-13(16)19-9-12-5-3-11(8-15)4-6-12/h3-6,15H,1,7-9H2,2H3. The van der Waals surface area contributed by atoms with Crippen molar-refractivity contribution < 1.29 is 24.2 Å². The lowest BCUT2D eigenvalue weighted by molar-refractivity contribution is -0.146. The van der Waals surface area contributed by atoms with Gasteiger partial charge in [0.1, 0.15) is 6.61 Å². The van der Waals surface area contributed by atoms with Gasteiger partial charge in [0.15, 0.2) is 0 Å². The highest BCUT2D eigenvalue weighted by atomic mass is 16.5. The molecule has 0 atom stereocenters. The maximum atomic E-state index is 11.4. The summed E-state index contributed by atoms with van der Waals surface area (Å²) in [4.78, 5) is 22.5. The lowest BCUT2D eigenvalue weighted by Crippen LogP contribution is -2.11. The van der Waals surface area contributed by atoms with Gasteiger partial charge in [0.05, 0.1) is 20.1 Å². The monoisotopic (exact) mass is 264 g/mol. The molecule has 0 aromatic heterocycles. The number of esters is 2. The highest BCUT2D eigenvalue weighted by molar-refractivity contribution is 5.93. The molecule has 1 aromatic carbocycles. The number of rotatable bonds is 6. The van der Waals surface area contributed by atoms with Crippen LogP contribution in [0.1, 0.15) is 17.5 Å². The fourth-order valence-corrected chi connectivity index (χ4v) is 1.35. The van der Waals surface area contributed by atoms with E-state index in [9.17, 15) is 9.59 Å². The molecule has 0 spiro atoms. The van der Waals surface area contributed by atoms with Gasteiger partial charge < -0.3 is 14.6 Å². The van der Waals surface area contributed by atoms with Gasteiger partial charge in [-0.15, -0.1) is 0 Å². The molecule has 102 valence electrons. The molecule has 0 saturated carbocycles. The van der Waals surface area contributed by atoms with Crippen LogP contribution in [0, 0.1) is 0 Å². The second kappa shape index (κ2) is 7.33. The van der Waals surface area contributed by atoms with Crippen LogP contribution in [0.5, 0.6) is 0 Å². The number of hydrogen-bond acceptors (Lipinski definition) is 5. The maximum Gasteiger partial charge on any atom is 0.333 e. The van der Waals surface area contributed by atoms with E-state index in [0.717, 1.165) is 11.1 Å². The molecule has 0 aliphatic carbocycles. The molecule has 0 saturated heterocycles. The van der Waals surface area contributed by atoms with E-state index in [0.29, 0.717) is 0 Å². The molecule has 5 heteroatoms. The zero-order valence-corrected chi connectivity index (χ0v) is 10.7. The van der Waals surface area contributed by atoms with Gasteiger partial charge in [-0.1, -0.05) is 30.8 Å². The average Bonchev–Trinajstić information content (AvgIpc) is 2.44. The Bertz CT molecular complexity index is 461. The van der Waals surface area contributed by atoms with Crippen LogP contribution in [0.4, 0.5) is 0 Å². The Morgan fingerprint density at radius 2 is 1.79 bits per heavy atom. The molecule has 0 aliphatic heterocycles. The van der Waals surface area contributed by atoms with Crippen molar-refractivity contribution in [2.45, 2.75) is 19.6 Å². The first kappa shape index (κ1) is 14.9. The molecule has 0 radical (unpaired) electrons. The number of ether oxygens (including phenoxy) is 2. The third-order valence-electron chi connectivity index (χ3n) is 2.44. The van der Waals surface area contributed by atoms with E-state index in [4.69, 9.17) is 9.84 Å². The normalized spacial score (nSPS) is 9.79. The topological polar surface area (TPSA) is 72.8 Å². The van der Waals surface area contributed by atoms with Crippen molar-refractivity contribution in [3.63, 3.8) is 0 Å². The number of methoxy groups -OCH3 is 1. The van der Waals surface area contributed by atoms with Crippen molar-refractivity contribution in [2.24, 2.45) is 0 Å². The average molecular weight is 264 g/mol. The van der Waals surface area contributed by atoms with Crippen LogP contribution in [0.15, 0.2) is 36.4 Å². The number of benzene rings is 1. The number of hydrogen-bond donors (Lipinski definition) is 1. The molecular weight excluding hydrogens is 248 g/mol. The summed E-state index contributed by atoms with van der Waals surface area (Å²) in [7, 11) is 1.22. The quantitative estimate of drug-likeness (QED) is 0.620. The molecule has 1 aromatic rings. The van der Waals surface area contributed by atoms with E-state index in [1.165, 1.54) is 7.11 Å². The van der Waals surface area contributed by atoms with Crippen LogP contribution in [0.3, 0.4) is 0 Å². The minimum atomic E-state index is -0.621. The summed E-state index contributed by atoms with van der Waals surface area (Å²) in [6.45, 7) is 3.52. The summed E-state index contributed by atoms with van der Waals surface area (Å²) in [5.41, 5.74) is 1.64. The largest absolute Gasteiger partial charge is 0.466 e. The van der Waals surface area contributed by atoms with Gasteiger partial charge in [-0.2, -0.15) is 0 Å². The van der Waals surface area contributed by atoms with Gasteiger partial charge in [-0.05, 0) is 11.1 Å². The third-order valence-corrected chi connectivity index (χ3v) is 2.44. The first-order valence-electron chi connectivity index (χ1n) is 5.67. The molecule has 0 unspecified atom stereocenters. The molecule has 0 heterocycles. The zero-order chi connectivity index (χ0) is 14.3. The summed E-state index contributed by atoms with van der Waals surface area (Å²) in [5.74, 6) is -1.16. The fraction of sp³-hybridized carbons (Fsp3) is 0.286. The molecule has 0 amide bonds. The van der Waals surface area contributed by atoms with Crippen LogP contribution in [-0.2, 0) is 32.3 Å². The van der Waals surface area contributed by atoms with Crippen molar-refractivity contribution in [1.29, 1.82) is 0 Å². The van der Waals surface area contributed by atoms with E-state index in [-0.39, 0.29) is 25.2 Å². The molecular formula is C14H16O5. The van der Waals surface area contributed by atoms with E-state index < -0.39 is 11.9 Å². The van der Waals surface area contributed by atoms with Gasteiger partial charge in [0.25, 0.3) is 0 Å². The minimum Gasteiger partial charge on any atom is -0.466 e. The second-order valence-electron chi connectivity index (χ2n) is 3.91. The Kier molecular flexibility index (Phi) is 5.75. The molecule has 5 nitrogen and oxygen atoms in total. The first-order chi connectivity index (χ1) is 9.06. The Morgan fingerprint density at radius 1 is 1.21 bits per heavy atom. The lowest BCUT2D eigenvalue weighted by Gasteiger charge is -2.06. The Balaban J connectivity index is 2.41. The van der Waals surface area contributed by atoms with Crippen molar-refractivity contribution in [3.05, 3.63) is 47.5 Å². The summed E-state index contributed by atoms with van der Waals surface area (Å²) >= 11 is 0. The fourth-order valence-electron chi connectivity index (χ4n) is 1.35. The van der Waals surface area contributed by atoms with Crippen LogP contribution < -0.4 is 0 Å². The van der Waals surface area contributed by atoms with Crippen molar-refractivity contribution in [1.82, 2.24) is 0 Å². The minimum absolute atomic E-state index is 0.0287. The van der Waals surface area contributed by atoms with Gasteiger partial charge in [0, 0.05) is 5.57 Å². The molecule has 19 heavy (non-hydrogen) atoms. The molecule has 0 fully saturated rings. The van der Waals surface area contributed by atoms with Crippen molar-refractivity contribution >= 4 is 11.9 Å². The van der Waals surface area contributed by atoms with Gasteiger partial charge in [-0.3, -0.25) is 4.79 Å². The number of aliphatic hydroxyl groups is 1. The summed E-state index contributed by atoms with van der Waals surface area (Å²) in [6.07, 6.45) is -0.193. The molecule has 1 N–H and O–H groups in total. The zero-order valence-electron chi connectivity index (χ0n) is 10.7. The molecule has 0 bridgehead atoms. The van der Waals surface area contributed by atoms with E-state index in [1.807, 2.05) is 0 Å². The Morgan fingerprint density at radius 3 is 2.32 bits per heavy atom. The number of aliphatic hydroxyl groups excluding tert-OH is 1. The van der Waals surface area contributed by atoms with E-state index >= 15 is 0 Å². The van der Waals surface area contributed by atoms with Crippen molar-refractivity contribution in [2.75, 3.05) is 7.11 Å². The van der Waals surface area contributed by atoms with Crippen LogP contribution >= 0.6 is 0 Å². The smallest absolute Gasteiger partial charge is 0.333 e. The maximum absolute atomic E-state index is 11.4. The van der Waals surface area contributed by atoms with Crippen molar-refractivity contribution in [3.8, 4) is 0 Å². The Labute approximate surface area is 111 Å². The summed E-state index contributed by atoms with van der Waals surface area (Å²) in [6, 6.07) is 7.01. The second-order valence-corrected chi connectivity index (χ2v) is 3.91. The SMILES string of the molecule is C=C(CC(=O)OCc1ccc(CO)cc1)C(=O)OC. The van der Waals surface area contributed by atoms with Crippen LogP contribution in [0.25, 0.3) is 0 Å². The molecule has 0 aliphatic rings. The third kappa shape index (κ3) is 4.93. The first-order valence-corrected chi connectivity index (χ1v) is 5.67. The molecule has 1 rings (SSSR count). The highest BCUT2D eigenvalue weighted by Crippen LogP contribution is 2.08. The number of carbonyl (C=O) groups excluding carboxylic acids is 2. The lowest BCUT2D eigenvalue weighted by atomic mass is 10.1. The summed E-state index contributed by atoms with van der Waals surface area (Å²) in [5, 5.41) is 8.88. The summed E-state index contributed by atoms with van der Waals surface area (Å²) < 4.78 is 9.43. The highest BCUT2D eigenvalue weighted by Gasteiger charge is 2.12. The predicted molar refractivity (Wildman–Crippen MR) is 67.9 cm³/mol. The van der Waals surface area contributed by atoms with Crippen LogP contribution in [0.2, 0.25) is 0 Å². The van der Waals surface area contributed by atoms with Gasteiger partial charge in [0.2, 0.25) is 0 Å². The van der Waals surface area contributed by atoms with Gasteiger partial charge in [-0.25, -0.2) is 4.79 Å². The van der Waals surface area contributed by atoms with Crippen LogP contribution in [-0.4, -0.2) is 24.2 Å².